The monoisotopic (exact) mass is 336 g/mol. The predicted molar refractivity (Wildman–Crippen MR) is 104 cm³/mol. The zero-order valence-electron chi connectivity index (χ0n) is 15.2. The summed E-state index contributed by atoms with van der Waals surface area (Å²) in [6, 6.07) is 18.6. The summed E-state index contributed by atoms with van der Waals surface area (Å²) in [5, 5.41) is 3.04. The third-order valence-corrected chi connectivity index (χ3v) is 5.26. The second kappa shape index (κ2) is 8.30. The minimum Gasteiger partial charge on any atom is -0.325 e. The van der Waals surface area contributed by atoms with Gasteiger partial charge in [0.25, 0.3) is 0 Å². The third kappa shape index (κ3) is 4.93. The smallest absolute Gasteiger partial charge is 0.241 e. The van der Waals surface area contributed by atoms with Crippen LogP contribution in [0.3, 0.4) is 0 Å². The molecule has 1 aliphatic heterocycles. The van der Waals surface area contributed by atoms with E-state index >= 15 is 0 Å². The van der Waals surface area contributed by atoms with Gasteiger partial charge in [-0.3, -0.25) is 9.69 Å². The Labute approximate surface area is 151 Å². The van der Waals surface area contributed by atoms with Crippen molar-refractivity contribution in [2.75, 3.05) is 18.4 Å². The summed E-state index contributed by atoms with van der Waals surface area (Å²) in [6.45, 7) is 6.06. The molecule has 2 aromatic carbocycles. The maximum atomic E-state index is 12.5. The maximum absolute atomic E-state index is 12.5. The lowest BCUT2D eigenvalue weighted by atomic mass is 9.89. The molecule has 1 atom stereocenters. The van der Waals surface area contributed by atoms with Crippen LogP contribution in [0.2, 0.25) is 0 Å². The molecule has 0 radical (unpaired) electrons. The Morgan fingerprint density at radius 1 is 1.08 bits per heavy atom. The second-order valence-corrected chi connectivity index (χ2v) is 7.20. The van der Waals surface area contributed by atoms with Gasteiger partial charge >= 0.3 is 0 Å². The molecule has 0 bridgehead atoms. The number of likely N-dealkylation sites (tertiary alicyclic amines) is 1. The molecule has 3 rings (SSSR count). The van der Waals surface area contributed by atoms with Crippen molar-refractivity contribution < 1.29 is 4.79 Å². The number of nitrogens with one attached hydrogen (secondary N) is 1. The van der Waals surface area contributed by atoms with Gasteiger partial charge in [0.05, 0.1) is 6.04 Å². The summed E-state index contributed by atoms with van der Waals surface area (Å²) < 4.78 is 0. The van der Waals surface area contributed by atoms with E-state index in [0.717, 1.165) is 44.0 Å². The molecule has 25 heavy (non-hydrogen) atoms. The Morgan fingerprint density at radius 2 is 1.72 bits per heavy atom. The van der Waals surface area contributed by atoms with Crippen molar-refractivity contribution in [1.29, 1.82) is 0 Å². The molecule has 1 amide bonds. The molecular formula is C22H28N2O. The maximum Gasteiger partial charge on any atom is 0.241 e. The lowest BCUT2D eigenvalue weighted by Gasteiger charge is -2.35. The van der Waals surface area contributed by atoms with Gasteiger partial charge in [-0.2, -0.15) is 0 Å². The van der Waals surface area contributed by atoms with Crippen LogP contribution in [0.4, 0.5) is 5.69 Å². The first-order chi connectivity index (χ1) is 12.1. The first-order valence-electron chi connectivity index (χ1n) is 9.27. The largest absolute Gasteiger partial charge is 0.325 e. The van der Waals surface area contributed by atoms with Gasteiger partial charge in [0.15, 0.2) is 0 Å². The molecule has 2 aromatic rings. The standard InChI is InChI=1S/C22H28N2O/c1-17-8-10-21(11-9-17)23-22(25)18(2)24-14-12-20(13-15-24)16-19-6-4-3-5-7-19/h3-11,18,20H,12-16H2,1-2H3,(H,23,25)/t18-/m0/s1. The van der Waals surface area contributed by atoms with Gasteiger partial charge < -0.3 is 5.32 Å². The zero-order valence-corrected chi connectivity index (χ0v) is 15.2. The highest BCUT2D eigenvalue weighted by atomic mass is 16.2. The van der Waals surface area contributed by atoms with Crippen molar-refractivity contribution in [3.8, 4) is 0 Å². The molecule has 132 valence electrons. The Hall–Kier alpha value is -2.13. The van der Waals surface area contributed by atoms with Crippen LogP contribution in [0.1, 0.15) is 30.9 Å². The molecule has 1 N–H and O–H groups in total. The number of hydrogen-bond acceptors (Lipinski definition) is 2. The average molecular weight is 336 g/mol. The number of nitrogens with zero attached hydrogens (tertiary/aromatic N) is 1. The Balaban J connectivity index is 1.48. The van der Waals surface area contributed by atoms with Crippen LogP contribution in [0.5, 0.6) is 0 Å². The van der Waals surface area contributed by atoms with Gasteiger partial charge in [0.1, 0.15) is 0 Å². The minimum atomic E-state index is -0.0843. The average Bonchev–Trinajstić information content (AvgIpc) is 2.64. The van der Waals surface area contributed by atoms with E-state index in [2.05, 4.69) is 40.5 Å². The molecule has 1 saturated heterocycles. The zero-order chi connectivity index (χ0) is 17.6. The molecular weight excluding hydrogens is 308 g/mol. The number of rotatable bonds is 5. The Bertz CT molecular complexity index is 673. The highest BCUT2D eigenvalue weighted by Crippen LogP contribution is 2.23. The number of piperidine rings is 1. The fourth-order valence-corrected chi connectivity index (χ4v) is 3.54. The van der Waals surface area contributed by atoms with Crippen LogP contribution in [0.15, 0.2) is 54.6 Å². The van der Waals surface area contributed by atoms with E-state index in [9.17, 15) is 4.79 Å². The Morgan fingerprint density at radius 3 is 2.36 bits per heavy atom. The second-order valence-electron chi connectivity index (χ2n) is 7.20. The van der Waals surface area contributed by atoms with Crippen LogP contribution in [0.25, 0.3) is 0 Å². The van der Waals surface area contributed by atoms with Crippen molar-refractivity contribution in [3.63, 3.8) is 0 Å². The number of carbonyl (C=O) groups is 1. The molecule has 0 saturated carbocycles. The molecule has 1 heterocycles. The molecule has 0 spiro atoms. The molecule has 1 fully saturated rings. The summed E-state index contributed by atoms with van der Waals surface area (Å²) >= 11 is 0. The summed E-state index contributed by atoms with van der Waals surface area (Å²) in [6.07, 6.45) is 3.48. The van der Waals surface area contributed by atoms with Crippen LogP contribution in [-0.4, -0.2) is 29.9 Å². The van der Waals surface area contributed by atoms with E-state index in [-0.39, 0.29) is 11.9 Å². The van der Waals surface area contributed by atoms with Crippen molar-refractivity contribution in [2.45, 2.75) is 39.2 Å². The van der Waals surface area contributed by atoms with Crippen LogP contribution in [0, 0.1) is 12.8 Å². The van der Waals surface area contributed by atoms with Gasteiger partial charge in [-0.25, -0.2) is 0 Å². The highest BCUT2D eigenvalue weighted by molar-refractivity contribution is 5.94. The Kier molecular flexibility index (Phi) is 5.87. The van der Waals surface area contributed by atoms with Crippen molar-refractivity contribution in [3.05, 3.63) is 65.7 Å². The number of benzene rings is 2. The van der Waals surface area contributed by atoms with Gasteiger partial charge in [-0.1, -0.05) is 48.0 Å². The number of amides is 1. The van der Waals surface area contributed by atoms with Gasteiger partial charge in [-0.05, 0) is 69.8 Å². The fraction of sp³-hybridized carbons (Fsp3) is 0.409. The van der Waals surface area contributed by atoms with E-state index in [0.29, 0.717) is 0 Å². The van der Waals surface area contributed by atoms with Crippen LogP contribution < -0.4 is 5.32 Å². The van der Waals surface area contributed by atoms with Gasteiger partial charge in [-0.15, -0.1) is 0 Å². The molecule has 3 nitrogen and oxygen atoms in total. The van der Waals surface area contributed by atoms with Gasteiger partial charge in [0.2, 0.25) is 5.91 Å². The number of anilines is 1. The van der Waals surface area contributed by atoms with Crippen molar-refractivity contribution in [2.24, 2.45) is 5.92 Å². The van der Waals surface area contributed by atoms with Crippen molar-refractivity contribution in [1.82, 2.24) is 4.90 Å². The SMILES string of the molecule is Cc1ccc(NC(=O)[C@H](C)N2CCC(Cc3ccccc3)CC2)cc1. The summed E-state index contributed by atoms with van der Waals surface area (Å²) in [5.74, 6) is 0.816. The lowest BCUT2D eigenvalue weighted by Crippen LogP contribution is -2.46. The van der Waals surface area contributed by atoms with Crippen LogP contribution >= 0.6 is 0 Å². The number of aryl methyl sites for hydroxylation is 1. The normalized spacial score (nSPS) is 17.2. The molecule has 1 aliphatic rings. The summed E-state index contributed by atoms with van der Waals surface area (Å²) in [7, 11) is 0. The minimum absolute atomic E-state index is 0.0843. The molecule has 0 aliphatic carbocycles. The van der Waals surface area contributed by atoms with Crippen LogP contribution in [-0.2, 0) is 11.2 Å². The molecule has 3 heteroatoms. The van der Waals surface area contributed by atoms with E-state index in [1.165, 1.54) is 11.1 Å². The molecule has 0 unspecified atom stereocenters. The predicted octanol–water partition coefficient (Wildman–Crippen LogP) is 4.28. The van der Waals surface area contributed by atoms with E-state index in [1.807, 2.05) is 38.1 Å². The third-order valence-electron chi connectivity index (χ3n) is 5.26. The summed E-state index contributed by atoms with van der Waals surface area (Å²) in [5.41, 5.74) is 3.50. The van der Waals surface area contributed by atoms with Crippen molar-refractivity contribution >= 4 is 11.6 Å². The summed E-state index contributed by atoms with van der Waals surface area (Å²) in [4.78, 5) is 14.8. The fourth-order valence-electron chi connectivity index (χ4n) is 3.54. The quantitative estimate of drug-likeness (QED) is 0.884. The van der Waals surface area contributed by atoms with Gasteiger partial charge in [0, 0.05) is 5.69 Å². The van der Waals surface area contributed by atoms with E-state index < -0.39 is 0 Å². The lowest BCUT2D eigenvalue weighted by molar-refractivity contribution is -0.121. The van der Waals surface area contributed by atoms with E-state index in [1.54, 1.807) is 0 Å². The highest BCUT2D eigenvalue weighted by Gasteiger charge is 2.26. The molecule has 0 aromatic heterocycles. The first-order valence-corrected chi connectivity index (χ1v) is 9.27. The number of carbonyl (C=O) groups excluding carboxylic acids is 1. The first kappa shape index (κ1) is 17.7. The topological polar surface area (TPSA) is 32.3 Å². The number of hydrogen-bond donors (Lipinski definition) is 1. The van der Waals surface area contributed by atoms with E-state index in [4.69, 9.17) is 0 Å².